The molecule has 174 valence electrons. The lowest BCUT2D eigenvalue weighted by Crippen LogP contribution is -2.46. The molecule has 0 N–H and O–H groups in total. The molecule has 0 radical (unpaired) electrons. The number of hydrogen-bond donors (Lipinski definition) is 0. The van der Waals surface area contributed by atoms with Crippen LogP contribution in [0.3, 0.4) is 0 Å². The first kappa shape index (κ1) is 22.7. The van der Waals surface area contributed by atoms with Gasteiger partial charge in [-0.1, -0.05) is 6.07 Å². The van der Waals surface area contributed by atoms with Crippen LogP contribution in [-0.2, 0) is 11.3 Å². The van der Waals surface area contributed by atoms with E-state index in [0.29, 0.717) is 23.0 Å². The van der Waals surface area contributed by atoms with E-state index in [2.05, 4.69) is 9.80 Å². The number of aryl methyl sites for hydroxylation is 1. The molecule has 33 heavy (non-hydrogen) atoms. The van der Waals surface area contributed by atoms with Crippen LogP contribution < -0.4 is 14.4 Å². The molecule has 0 atom stereocenters. The average Bonchev–Trinajstić information content (AvgIpc) is 3.23. The number of esters is 1. The zero-order valence-corrected chi connectivity index (χ0v) is 19.5. The van der Waals surface area contributed by atoms with Crippen LogP contribution in [0.5, 0.6) is 11.5 Å². The number of benzene rings is 2. The van der Waals surface area contributed by atoms with Gasteiger partial charge in [-0.25, -0.2) is 9.78 Å². The number of oxazole rings is 1. The van der Waals surface area contributed by atoms with E-state index in [-0.39, 0.29) is 5.97 Å². The number of ether oxygens (including phenoxy) is 3. The van der Waals surface area contributed by atoms with Gasteiger partial charge < -0.3 is 23.5 Å². The number of anilines is 1. The first-order chi connectivity index (χ1) is 16.0. The second-order valence-corrected chi connectivity index (χ2v) is 7.86. The molecule has 8 nitrogen and oxygen atoms in total. The van der Waals surface area contributed by atoms with E-state index in [1.165, 1.54) is 7.11 Å². The number of nitrogens with zero attached hydrogens (tertiary/aromatic N) is 3. The van der Waals surface area contributed by atoms with Crippen LogP contribution in [0, 0.1) is 6.92 Å². The van der Waals surface area contributed by atoms with Crippen molar-refractivity contribution in [2.45, 2.75) is 13.5 Å². The Labute approximate surface area is 193 Å². The van der Waals surface area contributed by atoms with Crippen molar-refractivity contribution in [3.05, 3.63) is 59.5 Å². The SMILES string of the molecule is COC(=O)c1ccc(N2CCN(Cc3nc(-c4cccc(OC)c4OC)oc3C)CC2)cc1. The van der Waals surface area contributed by atoms with Crippen molar-refractivity contribution in [3.8, 4) is 23.0 Å². The summed E-state index contributed by atoms with van der Waals surface area (Å²) in [5.41, 5.74) is 3.36. The Morgan fingerprint density at radius 3 is 2.36 bits per heavy atom. The minimum Gasteiger partial charge on any atom is -0.493 e. The Kier molecular flexibility index (Phi) is 6.84. The van der Waals surface area contributed by atoms with E-state index >= 15 is 0 Å². The number of hydrogen-bond acceptors (Lipinski definition) is 8. The summed E-state index contributed by atoms with van der Waals surface area (Å²) < 4.78 is 21.7. The molecule has 1 saturated heterocycles. The maximum absolute atomic E-state index is 11.6. The summed E-state index contributed by atoms with van der Waals surface area (Å²) in [5, 5.41) is 0. The lowest BCUT2D eigenvalue weighted by atomic mass is 10.1. The Morgan fingerprint density at radius 1 is 1.00 bits per heavy atom. The Hall–Kier alpha value is -3.52. The van der Waals surface area contributed by atoms with Gasteiger partial charge in [-0.15, -0.1) is 0 Å². The summed E-state index contributed by atoms with van der Waals surface area (Å²) in [5.74, 6) is 2.27. The molecule has 2 heterocycles. The van der Waals surface area contributed by atoms with E-state index in [1.807, 2.05) is 37.3 Å². The van der Waals surface area contributed by atoms with Crippen LogP contribution in [0.25, 0.3) is 11.5 Å². The smallest absolute Gasteiger partial charge is 0.337 e. The lowest BCUT2D eigenvalue weighted by Gasteiger charge is -2.35. The molecule has 2 aromatic carbocycles. The maximum atomic E-state index is 11.6. The summed E-state index contributed by atoms with van der Waals surface area (Å²) in [7, 11) is 4.61. The third-order valence-electron chi connectivity index (χ3n) is 5.93. The summed E-state index contributed by atoms with van der Waals surface area (Å²) in [4.78, 5) is 21.1. The maximum Gasteiger partial charge on any atom is 0.337 e. The molecule has 0 aliphatic carbocycles. The predicted octanol–water partition coefficient (Wildman–Crippen LogP) is 3.78. The molecule has 0 unspecified atom stereocenters. The fourth-order valence-corrected chi connectivity index (χ4v) is 4.05. The highest BCUT2D eigenvalue weighted by atomic mass is 16.5. The quantitative estimate of drug-likeness (QED) is 0.503. The average molecular weight is 452 g/mol. The summed E-state index contributed by atoms with van der Waals surface area (Å²) in [6.07, 6.45) is 0. The Bertz CT molecular complexity index is 1100. The molecule has 4 rings (SSSR count). The van der Waals surface area contributed by atoms with Gasteiger partial charge in [0.2, 0.25) is 5.89 Å². The van der Waals surface area contributed by atoms with Gasteiger partial charge in [0.25, 0.3) is 0 Å². The van der Waals surface area contributed by atoms with Gasteiger partial charge in [0.05, 0.1) is 38.2 Å². The van der Waals surface area contributed by atoms with Gasteiger partial charge >= 0.3 is 5.97 Å². The van der Waals surface area contributed by atoms with Crippen molar-refractivity contribution < 1.29 is 23.4 Å². The zero-order chi connectivity index (χ0) is 23.4. The third kappa shape index (κ3) is 4.80. The van der Waals surface area contributed by atoms with Gasteiger partial charge in [-0.3, -0.25) is 4.90 Å². The van der Waals surface area contributed by atoms with Crippen LogP contribution in [0.4, 0.5) is 5.69 Å². The topological polar surface area (TPSA) is 77.3 Å². The molecule has 0 bridgehead atoms. The Morgan fingerprint density at radius 2 is 1.73 bits per heavy atom. The van der Waals surface area contributed by atoms with Gasteiger partial charge in [-0.05, 0) is 43.3 Å². The van der Waals surface area contributed by atoms with Crippen molar-refractivity contribution in [1.82, 2.24) is 9.88 Å². The van der Waals surface area contributed by atoms with Crippen LogP contribution >= 0.6 is 0 Å². The molecule has 1 aliphatic rings. The van der Waals surface area contributed by atoms with E-state index in [4.69, 9.17) is 23.6 Å². The number of para-hydroxylation sites is 1. The van der Waals surface area contributed by atoms with Crippen LogP contribution in [0.15, 0.2) is 46.9 Å². The molecular weight excluding hydrogens is 422 g/mol. The predicted molar refractivity (Wildman–Crippen MR) is 125 cm³/mol. The molecule has 0 spiro atoms. The first-order valence-corrected chi connectivity index (χ1v) is 10.9. The van der Waals surface area contributed by atoms with Crippen molar-refractivity contribution >= 4 is 11.7 Å². The molecule has 1 aliphatic heterocycles. The molecule has 0 amide bonds. The van der Waals surface area contributed by atoms with Crippen molar-refractivity contribution in [1.29, 1.82) is 0 Å². The number of methoxy groups -OCH3 is 3. The highest BCUT2D eigenvalue weighted by molar-refractivity contribution is 5.89. The second-order valence-electron chi connectivity index (χ2n) is 7.86. The number of piperazine rings is 1. The standard InChI is InChI=1S/C25H29N3O5/c1-17-21(26-24(33-17)20-6-5-7-22(30-2)23(20)31-3)16-27-12-14-28(15-13-27)19-10-8-18(9-11-19)25(29)32-4/h5-11H,12-16H2,1-4H3. The fourth-order valence-electron chi connectivity index (χ4n) is 4.05. The minimum atomic E-state index is -0.319. The molecule has 1 aromatic heterocycles. The molecule has 0 saturated carbocycles. The minimum absolute atomic E-state index is 0.319. The fraction of sp³-hybridized carbons (Fsp3) is 0.360. The normalized spacial score (nSPS) is 14.2. The second kappa shape index (κ2) is 9.95. The van der Waals surface area contributed by atoms with Crippen LogP contribution in [0.1, 0.15) is 21.8 Å². The molecule has 3 aromatic rings. The number of carbonyl (C=O) groups is 1. The molecular formula is C25H29N3O5. The van der Waals surface area contributed by atoms with Gasteiger partial charge in [0, 0.05) is 38.4 Å². The van der Waals surface area contributed by atoms with Gasteiger partial charge in [-0.2, -0.15) is 0 Å². The van der Waals surface area contributed by atoms with Crippen molar-refractivity contribution in [3.63, 3.8) is 0 Å². The van der Waals surface area contributed by atoms with Crippen LogP contribution in [-0.4, -0.2) is 63.4 Å². The van der Waals surface area contributed by atoms with E-state index in [9.17, 15) is 4.79 Å². The summed E-state index contributed by atoms with van der Waals surface area (Å²) in [6.45, 7) is 6.26. The highest BCUT2D eigenvalue weighted by Gasteiger charge is 2.22. The summed E-state index contributed by atoms with van der Waals surface area (Å²) in [6, 6.07) is 13.2. The van der Waals surface area contributed by atoms with Gasteiger partial charge in [0.1, 0.15) is 5.76 Å². The van der Waals surface area contributed by atoms with Gasteiger partial charge in [0.15, 0.2) is 11.5 Å². The number of aromatic nitrogens is 1. The first-order valence-electron chi connectivity index (χ1n) is 10.9. The summed E-state index contributed by atoms with van der Waals surface area (Å²) >= 11 is 0. The van der Waals surface area contributed by atoms with E-state index in [1.54, 1.807) is 26.4 Å². The Balaban J connectivity index is 1.41. The van der Waals surface area contributed by atoms with Crippen molar-refractivity contribution in [2.24, 2.45) is 0 Å². The third-order valence-corrected chi connectivity index (χ3v) is 5.93. The molecule has 8 heteroatoms. The lowest BCUT2D eigenvalue weighted by molar-refractivity contribution is 0.0600. The molecule has 1 fully saturated rings. The number of carbonyl (C=O) groups excluding carboxylic acids is 1. The van der Waals surface area contributed by atoms with Crippen LogP contribution in [0.2, 0.25) is 0 Å². The highest BCUT2D eigenvalue weighted by Crippen LogP contribution is 2.38. The number of rotatable bonds is 7. The largest absolute Gasteiger partial charge is 0.493 e. The van der Waals surface area contributed by atoms with Crippen molar-refractivity contribution in [2.75, 3.05) is 52.4 Å². The monoisotopic (exact) mass is 451 g/mol. The van der Waals surface area contributed by atoms with E-state index in [0.717, 1.165) is 55.4 Å². The zero-order valence-electron chi connectivity index (χ0n) is 19.5. The van der Waals surface area contributed by atoms with E-state index < -0.39 is 0 Å².